The highest BCUT2D eigenvalue weighted by atomic mass is 16.1. The standard InChI is InChI=1S/C14H24O/c1-10(2)6-5-7-11(3)13-8-9-14(15)12(13)4/h6,11-13H,5,7-9H2,1-4H3/t11?,12-,13?/m1/s1. The molecular weight excluding hydrogens is 184 g/mol. The van der Waals surface area contributed by atoms with Gasteiger partial charge in [-0.15, -0.1) is 0 Å². The first-order valence-corrected chi connectivity index (χ1v) is 6.18. The molecule has 1 aliphatic carbocycles. The summed E-state index contributed by atoms with van der Waals surface area (Å²) in [7, 11) is 0. The van der Waals surface area contributed by atoms with Gasteiger partial charge in [0, 0.05) is 12.3 Å². The quantitative estimate of drug-likeness (QED) is 0.639. The second-order valence-electron chi connectivity index (χ2n) is 5.29. The predicted molar refractivity (Wildman–Crippen MR) is 64.7 cm³/mol. The Labute approximate surface area is 93.9 Å². The van der Waals surface area contributed by atoms with Crippen LogP contribution in [0.1, 0.15) is 53.4 Å². The molecule has 0 spiro atoms. The van der Waals surface area contributed by atoms with Gasteiger partial charge in [-0.2, -0.15) is 0 Å². The molecular formula is C14H24O. The zero-order chi connectivity index (χ0) is 11.4. The molecule has 0 amide bonds. The molecule has 0 heterocycles. The van der Waals surface area contributed by atoms with Crippen molar-refractivity contribution in [1.29, 1.82) is 0 Å². The van der Waals surface area contributed by atoms with Crippen molar-refractivity contribution >= 4 is 5.78 Å². The van der Waals surface area contributed by atoms with Crippen LogP contribution in [0.15, 0.2) is 11.6 Å². The van der Waals surface area contributed by atoms with E-state index >= 15 is 0 Å². The van der Waals surface area contributed by atoms with Gasteiger partial charge in [0.15, 0.2) is 0 Å². The van der Waals surface area contributed by atoms with Gasteiger partial charge < -0.3 is 0 Å². The molecule has 0 aromatic carbocycles. The summed E-state index contributed by atoms with van der Waals surface area (Å²) in [4.78, 5) is 11.5. The van der Waals surface area contributed by atoms with Crippen molar-refractivity contribution in [1.82, 2.24) is 0 Å². The lowest BCUT2D eigenvalue weighted by Crippen LogP contribution is -2.17. The van der Waals surface area contributed by atoms with Crippen LogP contribution in [0.25, 0.3) is 0 Å². The number of carbonyl (C=O) groups is 1. The molecule has 0 aromatic rings. The normalized spacial score (nSPS) is 27.9. The number of ketones is 1. The Morgan fingerprint density at radius 2 is 2.20 bits per heavy atom. The van der Waals surface area contributed by atoms with E-state index in [2.05, 4.69) is 33.8 Å². The van der Waals surface area contributed by atoms with Gasteiger partial charge in [0.05, 0.1) is 0 Å². The summed E-state index contributed by atoms with van der Waals surface area (Å²) in [6.45, 7) is 8.70. The second kappa shape index (κ2) is 5.48. The highest BCUT2D eigenvalue weighted by Gasteiger charge is 2.33. The van der Waals surface area contributed by atoms with Crippen molar-refractivity contribution in [2.24, 2.45) is 17.8 Å². The van der Waals surface area contributed by atoms with Crippen LogP contribution >= 0.6 is 0 Å². The lowest BCUT2D eigenvalue weighted by Gasteiger charge is -2.21. The average Bonchev–Trinajstić information content (AvgIpc) is 2.47. The third kappa shape index (κ3) is 3.48. The molecule has 15 heavy (non-hydrogen) atoms. The Hall–Kier alpha value is -0.590. The third-order valence-electron chi connectivity index (χ3n) is 3.78. The van der Waals surface area contributed by atoms with Crippen molar-refractivity contribution in [2.45, 2.75) is 53.4 Å². The second-order valence-corrected chi connectivity index (χ2v) is 5.29. The Morgan fingerprint density at radius 3 is 2.67 bits per heavy atom. The fourth-order valence-corrected chi connectivity index (χ4v) is 2.65. The maximum absolute atomic E-state index is 11.5. The van der Waals surface area contributed by atoms with Crippen LogP contribution in [-0.4, -0.2) is 5.78 Å². The van der Waals surface area contributed by atoms with E-state index in [0.717, 1.165) is 12.8 Å². The van der Waals surface area contributed by atoms with Crippen molar-refractivity contribution in [2.75, 3.05) is 0 Å². The molecule has 0 radical (unpaired) electrons. The first kappa shape index (κ1) is 12.5. The summed E-state index contributed by atoms with van der Waals surface area (Å²) < 4.78 is 0. The molecule has 86 valence electrons. The topological polar surface area (TPSA) is 17.1 Å². The highest BCUT2D eigenvalue weighted by Crippen LogP contribution is 2.36. The summed E-state index contributed by atoms with van der Waals surface area (Å²) in [6.07, 6.45) is 6.64. The van der Waals surface area contributed by atoms with Gasteiger partial charge in [0.25, 0.3) is 0 Å². The molecule has 2 unspecified atom stereocenters. The number of carbonyl (C=O) groups excluding carboxylic acids is 1. The molecule has 3 atom stereocenters. The number of hydrogen-bond acceptors (Lipinski definition) is 1. The van der Waals surface area contributed by atoms with Crippen LogP contribution in [0.4, 0.5) is 0 Å². The summed E-state index contributed by atoms with van der Waals surface area (Å²) in [5.41, 5.74) is 1.40. The highest BCUT2D eigenvalue weighted by molar-refractivity contribution is 5.83. The molecule has 0 saturated heterocycles. The maximum atomic E-state index is 11.5. The van der Waals surface area contributed by atoms with Crippen LogP contribution < -0.4 is 0 Å². The van der Waals surface area contributed by atoms with E-state index in [1.54, 1.807) is 0 Å². The number of allylic oxidation sites excluding steroid dienone is 2. The van der Waals surface area contributed by atoms with Crippen molar-refractivity contribution in [3.05, 3.63) is 11.6 Å². The number of hydrogen-bond donors (Lipinski definition) is 0. The van der Waals surface area contributed by atoms with Gasteiger partial charge in [-0.1, -0.05) is 25.5 Å². The van der Waals surface area contributed by atoms with E-state index in [-0.39, 0.29) is 0 Å². The van der Waals surface area contributed by atoms with Crippen LogP contribution in [0, 0.1) is 17.8 Å². The van der Waals surface area contributed by atoms with E-state index < -0.39 is 0 Å². The Kier molecular flexibility index (Phi) is 4.56. The molecule has 1 nitrogen and oxygen atoms in total. The van der Waals surface area contributed by atoms with Crippen LogP contribution in [-0.2, 0) is 4.79 Å². The maximum Gasteiger partial charge on any atom is 0.135 e. The van der Waals surface area contributed by atoms with Crippen molar-refractivity contribution in [3.63, 3.8) is 0 Å². The fourth-order valence-electron chi connectivity index (χ4n) is 2.65. The molecule has 1 rings (SSSR count). The molecule has 0 N–H and O–H groups in total. The van der Waals surface area contributed by atoms with Crippen LogP contribution in [0.2, 0.25) is 0 Å². The largest absolute Gasteiger partial charge is 0.299 e. The SMILES string of the molecule is CC(C)=CCCC(C)C1CCC(=O)[C@@H]1C. The van der Waals surface area contributed by atoms with E-state index in [1.165, 1.54) is 18.4 Å². The van der Waals surface area contributed by atoms with E-state index in [1.807, 2.05) is 0 Å². The van der Waals surface area contributed by atoms with Crippen molar-refractivity contribution in [3.8, 4) is 0 Å². The van der Waals surface area contributed by atoms with Crippen molar-refractivity contribution < 1.29 is 4.79 Å². The number of rotatable bonds is 4. The Bertz CT molecular complexity index is 248. The van der Waals surface area contributed by atoms with Gasteiger partial charge in [0.1, 0.15) is 5.78 Å². The minimum Gasteiger partial charge on any atom is -0.299 e. The smallest absolute Gasteiger partial charge is 0.135 e. The fraction of sp³-hybridized carbons (Fsp3) is 0.786. The van der Waals surface area contributed by atoms with E-state index in [9.17, 15) is 4.79 Å². The lowest BCUT2D eigenvalue weighted by molar-refractivity contribution is -0.121. The zero-order valence-corrected chi connectivity index (χ0v) is 10.5. The summed E-state index contributed by atoms with van der Waals surface area (Å²) >= 11 is 0. The minimum atomic E-state index is 0.312. The van der Waals surface area contributed by atoms with Gasteiger partial charge in [-0.25, -0.2) is 0 Å². The van der Waals surface area contributed by atoms with E-state index in [4.69, 9.17) is 0 Å². The van der Waals surface area contributed by atoms with Crippen LogP contribution in [0.3, 0.4) is 0 Å². The summed E-state index contributed by atoms with van der Waals surface area (Å²) in [6, 6.07) is 0. The lowest BCUT2D eigenvalue weighted by atomic mass is 9.83. The monoisotopic (exact) mass is 208 g/mol. The molecule has 1 fully saturated rings. The molecule has 0 bridgehead atoms. The van der Waals surface area contributed by atoms with Gasteiger partial charge in [-0.05, 0) is 44.9 Å². The van der Waals surface area contributed by atoms with Gasteiger partial charge >= 0.3 is 0 Å². The predicted octanol–water partition coefficient (Wildman–Crippen LogP) is 3.98. The zero-order valence-electron chi connectivity index (χ0n) is 10.5. The third-order valence-corrected chi connectivity index (χ3v) is 3.78. The molecule has 1 aliphatic rings. The van der Waals surface area contributed by atoms with Gasteiger partial charge in [-0.3, -0.25) is 4.79 Å². The molecule has 1 saturated carbocycles. The molecule has 0 aromatic heterocycles. The molecule has 1 heteroatoms. The first-order valence-electron chi connectivity index (χ1n) is 6.18. The Balaban J connectivity index is 2.37. The summed E-state index contributed by atoms with van der Waals surface area (Å²) in [5, 5.41) is 0. The number of Topliss-reactive ketones (excluding diaryl/α,β-unsaturated/α-hetero) is 1. The van der Waals surface area contributed by atoms with E-state index in [0.29, 0.717) is 23.5 Å². The van der Waals surface area contributed by atoms with Crippen LogP contribution in [0.5, 0.6) is 0 Å². The minimum absolute atomic E-state index is 0.312. The van der Waals surface area contributed by atoms with Gasteiger partial charge in [0.2, 0.25) is 0 Å². The summed E-state index contributed by atoms with van der Waals surface area (Å²) in [5.74, 6) is 2.13. The first-order chi connectivity index (χ1) is 7.02. The Morgan fingerprint density at radius 1 is 1.53 bits per heavy atom. The average molecular weight is 208 g/mol. The molecule has 0 aliphatic heterocycles.